The van der Waals surface area contributed by atoms with Gasteiger partial charge in [-0.1, -0.05) is 39.5 Å². The van der Waals surface area contributed by atoms with E-state index < -0.39 is 0 Å². The Hall–Kier alpha value is -1.79. The molecule has 0 amide bonds. The Morgan fingerprint density at radius 2 is 2.00 bits per heavy atom. The van der Waals surface area contributed by atoms with E-state index in [2.05, 4.69) is 27.7 Å². The van der Waals surface area contributed by atoms with E-state index in [4.69, 9.17) is 9.72 Å². The van der Waals surface area contributed by atoms with Crippen LogP contribution in [-0.4, -0.2) is 22.4 Å². The number of hydrogen-bond donors (Lipinski definition) is 0. The summed E-state index contributed by atoms with van der Waals surface area (Å²) in [5.74, 6) is 2.37. The van der Waals surface area contributed by atoms with E-state index in [1.54, 1.807) is 34.8 Å². The van der Waals surface area contributed by atoms with Crippen LogP contribution >= 0.6 is 23.1 Å². The molecule has 3 aromatic rings. The number of rotatable bonds is 5. The molecule has 4 rings (SSSR count). The summed E-state index contributed by atoms with van der Waals surface area (Å²) in [7, 11) is 1.65. The molecule has 30 heavy (non-hydrogen) atoms. The van der Waals surface area contributed by atoms with Gasteiger partial charge in [0.05, 0.1) is 18.2 Å². The fourth-order valence-corrected chi connectivity index (χ4v) is 6.40. The summed E-state index contributed by atoms with van der Waals surface area (Å²) in [6, 6.07) is 7.69. The van der Waals surface area contributed by atoms with Crippen molar-refractivity contribution in [2.45, 2.75) is 58.5 Å². The molecule has 6 heteroatoms. The number of aryl methyl sites for hydroxylation is 1. The standard InChI is InChI=1S/C24H30N2O2S2/c1-6-13-29-23-25-21-20(18-12-7-15(24(2,3)4)14-19(18)30-21)22(27)26(23)16-8-10-17(28-5)11-9-16/h8-11,15H,6-7,12-14H2,1-5H3/t15-/m0/s1. The summed E-state index contributed by atoms with van der Waals surface area (Å²) in [6.07, 6.45) is 4.20. The van der Waals surface area contributed by atoms with Gasteiger partial charge in [0.2, 0.25) is 0 Å². The lowest BCUT2D eigenvalue weighted by Crippen LogP contribution is -2.27. The zero-order chi connectivity index (χ0) is 21.5. The molecule has 1 atom stereocenters. The van der Waals surface area contributed by atoms with E-state index in [9.17, 15) is 4.79 Å². The predicted molar refractivity (Wildman–Crippen MR) is 128 cm³/mol. The van der Waals surface area contributed by atoms with Crippen molar-refractivity contribution in [3.63, 3.8) is 0 Å². The third-order valence-corrected chi connectivity index (χ3v) is 8.34. The second kappa shape index (κ2) is 8.39. The zero-order valence-corrected chi connectivity index (χ0v) is 20.1. The highest BCUT2D eigenvalue weighted by Gasteiger charge is 2.32. The van der Waals surface area contributed by atoms with Gasteiger partial charge in [0.1, 0.15) is 10.6 Å². The number of aromatic nitrogens is 2. The largest absolute Gasteiger partial charge is 0.497 e. The highest BCUT2D eigenvalue weighted by Crippen LogP contribution is 2.42. The van der Waals surface area contributed by atoms with Gasteiger partial charge in [0, 0.05) is 10.6 Å². The third-order valence-electron chi connectivity index (χ3n) is 6.04. The fourth-order valence-electron chi connectivity index (χ4n) is 4.19. The first kappa shape index (κ1) is 21.4. The van der Waals surface area contributed by atoms with Crippen LogP contribution in [0.5, 0.6) is 5.75 Å². The van der Waals surface area contributed by atoms with Crippen LogP contribution in [0.2, 0.25) is 0 Å². The van der Waals surface area contributed by atoms with E-state index in [0.717, 1.165) is 58.2 Å². The van der Waals surface area contributed by atoms with Crippen LogP contribution in [0.15, 0.2) is 34.2 Å². The van der Waals surface area contributed by atoms with Crippen molar-refractivity contribution in [3.8, 4) is 11.4 Å². The molecule has 0 bridgehead atoms. The van der Waals surface area contributed by atoms with Crippen LogP contribution in [0.1, 0.15) is 51.0 Å². The molecule has 0 saturated heterocycles. The van der Waals surface area contributed by atoms with E-state index in [0.29, 0.717) is 5.92 Å². The summed E-state index contributed by atoms with van der Waals surface area (Å²) in [6.45, 7) is 9.12. The Morgan fingerprint density at radius 3 is 2.63 bits per heavy atom. The number of methoxy groups -OCH3 is 1. The molecule has 1 aliphatic rings. The van der Waals surface area contributed by atoms with Gasteiger partial charge < -0.3 is 4.74 Å². The molecule has 0 N–H and O–H groups in total. The normalized spacial score (nSPS) is 16.6. The molecule has 1 aromatic carbocycles. The smallest absolute Gasteiger partial charge is 0.267 e. The minimum atomic E-state index is 0.0653. The summed E-state index contributed by atoms with van der Waals surface area (Å²) >= 11 is 3.39. The van der Waals surface area contributed by atoms with E-state index in [-0.39, 0.29) is 11.0 Å². The molecule has 0 saturated carbocycles. The van der Waals surface area contributed by atoms with E-state index >= 15 is 0 Å². The summed E-state index contributed by atoms with van der Waals surface area (Å²) in [5.41, 5.74) is 2.43. The van der Waals surface area contributed by atoms with Crippen molar-refractivity contribution in [1.29, 1.82) is 0 Å². The molecular weight excluding hydrogens is 412 g/mol. The minimum absolute atomic E-state index is 0.0653. The lowest BCUT2D eigenvalue weighted by molar-refractivity contribution is 0.218. The molecule has 0 fully saturated rings. The Kier molecular flexibility index (Phi) is 5.99. The molecule has 0 spiro atoms. The van der Waals surface area contributed by atoms with Crippen LogP contribution in [0.4, 0.5) is 0 Å². The van der Waals surface area contributed by atoms with Gasteiger partial charge in [-0.05, 0) is 66.8 Å². The van der Waals surface area contributed by atoms with Crippen molar-refractivity contribution in [2.75, 3.05) is 12.9 Å². The number of benzene rings is 1. The van der Waals surface area contributed by atoms with Crippen molar-refractivity contribution < 1.29 is 4.74 Å². The van der Waals surface area contributed by atoms with E-state index in [1.807, 2.05) is 24.3 Å². The predicted octanol–water partition coefficient (Wildman–Crippen LogP) is 6.11. The topological polar surface area (TPSA) is 44.1 Å². The van der Waals surface area contributed by atoms with Crippen molar-refractivity contribution in [2.24, 2.45) is 11.3 Å². The average molecular weight is 443 g/mol. The monoisotopic (exact) mass is 442 g/mol. The lowest BCUT2D eigenvalue weighted by atomic mass is 9.72. The zero-order valence-electron chi connectivity index (χ0n) is 18.4. The van der Waals surface area contributed by atoms with E-state index in [1.165, 1.54) is 10.4 Å². The highest BCUT2D eigenvalue weighted by atomic mass is 32.2. The molecule has 0 radical (unpaired) electrons. The van der Waals surface area contributed by atoms with Crippen molar-refractivity contribution >= 4 is 33.3 Å². The number of thiophene rings is 1. The first-order valence-corrected chi connectivity index (χ1v) is 12.5. The molecule has 4 nitrogen and oxygen atoms in total. The van der Waals surface area contributed by atoms with Crippen LogP contribution in [0.3, 0.4) is 0 Å². The first-order valence-electron chi connectivity index (χ1n) is 10.7. The molecule has 1 aliphatic carbocycles. The fraction of sp³-hybridized carbons (Fsp3) is 0.500. The SMILES string of the molecule is CCCSc1nc2sc3c(c2c(=O)n1-c1ccc(OC)cc1)CC[C@H](C(C)(C)C)C3. The van der Waals surface area contributed by atoms with Gasteiger partial charge in [0.25, 0.3) is 5.56 Å². The maximum Gasteiger partial charge on any atom is 0.267 e. The molecule has 0 unspecified atom stereocenters. The van der Waals surface area contributed by atoms with Gasteiger partial charge in [-0.2, -0.15) is 0 Å². The van der Waals surface area contributed by atoms with Gasteiger partial charge in [-0.25, -0.2) is 4.98 Å². The molecule has 2 heterocycles. The third kappa shape index (κ3) is 3.92. The Morgan fingerprint density at radius 1 is 1.27 bits per heavy atom. The maximum atomic E-state index is 13.8. The number of hydrogen-bond acceptors (Lipinski definition) is 5. The molecule has 2 aromatic heterocycles. The Balaban J connectivity index is 1.88. The number of nitrogens with zero attached hydrogens (tertiary/aromatic N) is 2. The molecule has 160 valence electrons. The van der Waals surface area contributed by atoms with Gasteiger partial charge in [0.15, 0.2) is 5.16 Å². The second-order valence-corrected chi connectivity index (χ2v) is 11.2. The highest BCUT2D eigenvalue weighted by molar-refractivity contribution is 7.99. The van der Waals surface area contributed by atoms with Crippen LogP contribution < -0.4 is 10.3 Å². The number of ether oxygens (including phenoxy) is 1. The first-order chi connectivity index (χ1) is 14.3. The molecular formula is C24H30N2O2S2. The molecule has 0 aliphatic heterocycles. The summed E-state index contributed by atoms with van der Waals surface area (Å²) in [5, 5.41) is 1.62. The van der Waals surface area contributed by atoms with Crippen LogP contribution in [0.25, 0.3) is 15.9 Å². The van der Waals surface area contributed by atoms with Crippen molar-refractivity contribution in [1.82, 2.24) is 9.55 Å². The van der Waals surface area contributed by atoms with Gasteiger partial charge in [-0.3, -0.25) is 9.36 Å². The number of fused-ring (bicyclic) bond motifs is 3. The maximum absolute atomic E-state index is 13.8. The Labute approximate surface area is 186 Å². The van der Waals surface area contributed by atoms with Crippen LogP contribution in [-0.2, 0) is 12.8 Å². The summed E-state index contributed by atoms with van der Waals surface area (Å²) in [4.78, 5) is 21.0. The minimum Gasteiger partial charge on any atom is -0.497 e. The van der Waals surface area contributed by atoms with Crippen molar-refractivity contribution in [3.05, 3.63) is 45.1 Å². The van der Waals surface area contributed by atoms with Crippen LogP contribution in [0, 0.1) is 11.3 Å². The Bertz CT molecular complexity index is 1110. The van der Waals surface area contributed by atoms with Gasteiger partial charge in [-0.15, -0.1) is 11.3 Å². The number of thioether (sulfide) groups is 1. The average Bonchev–Trinajstić information content (AvgIpc) is 3.09. The lowest BCUT2D eigenvalue weighted by Gasteiger charge is -2.33. The van der Waals surface area contributed by atoms with Gasteiger partial charge >= 0.3 is 0 Å². The quantitative estimate of drug-likeness (QED) is 0.353. The second-order valence-electron chi connectivity index (χ2n) is 9.07. The summed E-state index contributed by atoms with van der Waals surface area (Å²) < 4.78 is 7.09.